The van der Waals surface area contributed by atoms with Crippen molar-refractivity contribution in [3.8, 4) is 0 Å². The van der Waals surface area contributed by atoms with Gasteiger partial charge in [0.05, 0.1) is 5.56 Å². The van der Waals surface area contributed by atoms with E-state index in [0.29, 0.717) is 0 Å². The number of halogens is 3. The first kappa shape index (κ1) is 19.2. The highest BCUT2D eigenvalue weighted by atomic mass is 19.4. The van der Waals surface area contributed by atoms with Gasteiger partial charge in [-0.25, -0.2) is 9.48 Å². The van der Waals surface area contributed by atoms with E-state index in [0.717, 1.165) is 35.0 Å². The lowest BCUT2D eigenvalue weighted by Gasteiger charge is -2.14. The van der Waals surface area contributed by atoms with Gasteiger partial charge in [0.25, 0.3) is 11.5 Å². The molecule has 0 aliphatic carbocycles. The first-order valence-electron chi connectivity index (χ1n) is 7.31. The number of alkyl halides is 3. The minimum atomic E-state index is -4.55. The molecule has 10 heteroatoms. The van der Waals surface area contributed by atoms with Crippen LogP contribution in [0.15, 0.2) is 41.2 Å². The van der Waals surface area contributed by atoms with Crippen molar-refractivity contribution >= 4 is 17.6 Å². The van der Waals surface area contributed by atoms with Crippen molar-refractivity contribution in [2.45, 2.75) is 19.2 Å². The fourth-order valence-electron chi connectivity index (χ4n) is 1.90. The molecule has 1 amide bonds. The van der Waals surface area contributed by atoms with E-state index in [1.807, 2.05) is 0 Å². The maximum atomic E-state index is 12.7. The van der Waals surface area contributed by atoms with E-state index >= 15 is 0 Å². The summed E-state index contributed by atoms with van der Waals surface area (Å²) in [6, 6.07) is 6.30. The second-order valence-electron chi connectivity index (χ2n) is 5.30. The minimum absolute atomic E-state index is 0.0899. The Balaban J connectivity index is 2.04. The molecule has 0 fully saturated rings. The third-order valence-electron chi connectivity index (χ3n) is 3.28. The number of hydrogen-bond acceptors (Lipinski definition) is 5. The lowest BCUT2D eigenvalue weighted by Crippen LogP contribution is -2.31. The maximum absolute atomic E-state index is 12.7. The highest BCUT2D eigenvalue weighted by Gasteiger charge is 2.30. The number of anilines is 1. The first-order chi connectivity index (χ1) is 12.1. The van der Waals surface area contributed by atoms with Gasteiger partial charge in [-0.2, -0.15) is 18.3 Å². The predicted octanol–water partition coefficient (Wildman–Crippen LogP) is 1.98. The number of amides is 1. The quantitative estimate of drug-likeness (QED) is 0.833. The average Bonchev–Trinajstić information content (AvgIpc) is 2.56. The number of aryl methyl sites for hydroxylation is 1. The standard InChI is InChI=1S/C16H14F3N3O4/c1-9(26-15(25)12-6-7-13(23)22(2)21-12)14(24)20-11-5-3-4-10(8-11)16(17,18)19/h3-9H,1-2H3,(H,20,24). The van der Waals surface area contributed by atoms with Crippen LogP contribution in [0, 0.1) is 0 Å². The molecule has 1 unspecified atom stereocenters. The van der Waals surface area contributed by atoms with E-state index in [9.17, 15) is 27.6 Å². The molecule has 1 atom stereocenters. The Hall–Kier alpha value is -3.17. The average molecular weight is 369 g/mol. The number of benzene rings is 1. The fourth-order valence-corrected chi connectivity index (χ4v) is 1.90. The van der Waals surface area contributed by atoms with Gasteiger partial charge in [0.15, 0.2) is 11.8 Å². The fraction of sp³-hybridized carbons (Fsp3) is 0.250. The van der Waals surface area contributed by atoms with Crippen LogP contribution in [0.4, 0.5) is 18.9 Å². The maximum Gasteiger partial charge on any atom is 0.416 e. The summed E-state index contributed by atoms with van der Waals surface area (Å²) in [5.74, 6) is -1.77. The molecule has 7 nitrogen and oxygen atoms in total. The lowest BCUT2D eigenvalue weighted by molar-refractivity contribution is -0.137. The highest BCUT2D eigenvalue weighted by molar-refractivity contribution is 5.96. The smallest absolute Gasteiger partial charge is 0.416 e. The third-order valence-corrected chi connectivity index (χ3v) is 3.28. The van der Waals surface area contributed by atoms with Crippen LogP contribution < -0.4 is 10.9 Å². The molecule has 26 heavy (non-hydrogen) atoms. The van der Waals surface area contributed by atoms with Crippen LogP contribution >= 0.6 is 0 Å². The van der Waals surface area contributed by atoms with Crippen molar-refractivity contribution in [3.63, 3.8) is 0 Å². The molecule has 0 radical (unpaired) electrons. The first-order valence-corrected chi connectivity index (χ1v) is 7.31. The molecular weight excluding hydrogens is 355 g/mol. The van der Waals surface area contributed by atoms with Gasteiger partial charge < -0.3 is 10.1 Å². The number of ether oxygens (including phenoxy) is 1. The summed E-state index contributed by atoms with van der Waals surface area (Å²) in [6.07, 6.45) is -5.84. The lowest BCUT2D eigenvalue weighted by atomic mass is 10.2. The summed E-state index contributed by atoms with van der Waals surface area (Å²) in [4.78, 5) is 35.2. The van der Waals surface area contributed by atoms with Crippen molar-refractivity contribution < 1.29 is 27.5 Å². The largest absolute Gasteiger partial charge is 0.448 e. The van der Waals surface area contributed by atoms with Crippen LogP contribution in [-0.2, 0) is 22.8 Å². The monoisotopic (exact) mass is 369 g/mol. The van der Waals surface area contributed by atoms with Gasteiger partial charge in [0.1, 0.15) is 0 Å². The Morgan fingerprint density at radius 2 is 1.92 bits per heavy atom. The van der Waals surface area contributed by atoms with Crippen molar-refractivity contribution in [1.82, 2.24) is 9.78 Å². The SMILES string of the molecule is CC(OC(=O)c1ccc(=O)n(C)n1)C(=O)Nc1cccc(C(F)(F)F)c1. The van der Waals surface area contributed by atoms with Crippen LogP contribution in [0.25, 0.3) is 0 Å². The summed E-state index contributed by atoms with van der Waals surface area (Å²) < 4.78 is 43.8. The van der Waals surface area contributed by atoms with E-state index in [1.54, 1.807) is 0 Å². The summed E-state index contributed by atoms with van der Waals surface area (Å²) in [7, 11) is 1.34. The van der Waals surface area contributed by atoms with E-state index in [-0.39, 0.29) is 11.4 Å². The number of aromatic nitrogens is 2. The van der Waals surface area contributed by atoms with Gasteiger partial charge in [-0.05, 0) is 31.2 Å². The molecule has 0 aliphatic heterocycles. The molecular formula is C16H14F3N3O4. The molecule has 1 N–H and O–H groups in total. The van der Waals surface area contributed by atoms with Gasteiger partial charge >= 0.3 is 12.1 Å². The molecule has 138 valence electrons. The highest BCUT2D eigenvalue weighted by Crippen LogP contribution is 2.30. The Morgan fingerprint density at radius 1 is 1.23 bits per heavy atom. The normalized spacial score (nSPS) is 12.3. The molecule has 0 saturated heterocycles. The number of nitrogens with one attached hydrogen (secondary N) is 1. The van der Waals surface area contributed by atoms with Gasteiger partial charge in [-0.3, -0.25) is 9.59 Å². The number of hydrogen-bond donors (Lipinski definition) is 1. The molecule has 2 aromatic rings. The van der Waals surface area contributed by atoms with Gasteiger partial charge in [-0.1, -0.05) is 6.07 Å². The van der Waals surface area contributed by atoms with E-state index in [4.69, 9.17) is 4.74 Å². The zero-order valence-corrected chi connectivity index (χ0v) is 13.7. The molecule has 0 aliphatic rings. The van der Waals surface area contributed by atoms with Crippen LogP contribution in [0.3, 0.4) is 0 Å². The second-order valence-corrected chi connectivity index (χ2v) is 5.30. The minimum Gasteiger partial charge on any atom is -0.448 e. The Morgan fingerprint density at radius 3 is 2.54 bits per heavy atom. The number of carbonyl (C=O) groups excluding carboxylic acids is 2. The zero-order chi connectivity index (χ0) is 19.5. The molecule has 2 rings (SSSR count). The summed E-state index contributed by atoms with van der Waals surface area (Å²) in [5, 5.41) is 5.92. The zero-order valence-electron chi connectivity index (χ0n) is 13.7. The number of rotatable bonds is 4. The molecule has 1 heterocycles. The van der Waals surface area contributed by atoms with Crippen LogP contribution in [0.2, 0.25) is 0 Å². The Kier molecular flexibility index (Phi) is 5.44. The van der Waals surface area contributed by atoms with Crippen molar-refractivity contribution in [2.75, 3.05) is 5.32 Å². The summed E-state index contributed by atoms with van der Waals surface area (Å²) >= 11 is 0. The number of nitrogens with zero attached hydrogens (tertiary/aromatic N) is 2. The molecule has 0 saturated carbocycles. The summed E-state index contributed by atoms with van der Waals surface area (Å²) in [6.45, 7) is 1.25. The Labute approximate surface area is 145 Å². The number of esters is 1. The van der Waals surface area contributed by atoms with E-state index in [1.165, 1.54) is 20.0 Å². The third kappa shape index (κ3) is 4.68. The van der Waals surface area contributed by atoms with Crippen molar-refractivity contribution in [2.24, 2.45) is 7.05 Å². The van der Waals surface area contributed by atoms with Gasteiger partial charge in [0.2, 0.25) is 0 Å². The topological polar surface area (TPSA) is 90.3 Å². The molecule has 1 aromatic carbocycles. The predicted molar refractivity (Wildman–Crippen MR) is 84.4 cm³/mol. The van der Waals surface area contributed by atoms with Crippen LogP contribution in [0.5, 0.6) is 0 Å². The van der Waals surface area contributed by atoms with Crippen LogP contribution in [-0.4, -0.2) is 27.8 Å². The Bertz CT molecular complexity index is 893. The molecule has 1 aromatic heterocycles. The van der Waals surface area contributed by atoms with Crippen molar-refractivity contribution in [3.05, 3.63) is 58.0 Å². The van der Waals surface area contributed by atoms with Crippen molar-refractivity contribution in [1.29, 1.82) is 0 Å². The molecule has 0 spiro atoms. The van der Waals surface area contributed by atoms with Gasteiger partial charge in [0, 0.05) is 18.8 Å². The van der Waals surface area contributed by atoms with E-state index in [2.05, 4.69) is 10.4 Å². The van der Waals surface area contributed by atoms with Crippen LogP contribution in [0.1, 0.15) is 23.0 Å². The van der Waals surface area contributed by atoms with E-state index < -0.39 is 35.3 Å². The molecule has 0 bridgehead atoms. The van der Waals surface area contributed by atoms with Gasteiger partial charge in [-0.15, -0.1) is 0 Å². The number of carbonyl (C=O) groups is 2. The summed E-state index contributed by atoms with van der Waals surface area (Å²) in [5.41, 5.74) is -1.63. The second kappa shape index (κ2) is 7.38.